The van der Waals surface area contributed by atoms with E-state index < -0.39 is 0 Å². The van der Waals surface area contributed by atoms with E-state index in [9.17, 15) is 4.39 Å². The molecule has 21 heavy (non-hydrogen) atoms. The van der Waals surface area contributed by atoms with Crippen LogP contribution in [-0.2, 0) is 12.8 Å². The Bertz CT molecular complexity index is 601. The molecule has 0 heterocycles. The number of ether oxygens (including phenoxy) is 2. The van der Waals surface area contributed by atoms with Gasteiger partial charge in [0.15, 0.2) is 0 Å². The summed E-state index contributed by atoms with van der Waals surface area (Å²) in [4.78, 5) is 0. The standard InChI is InChI=1S/C17H20FNO2/c1-20-15-7-8-17(21-2)13(11-15)10-14(19)9-12-5-3-4-6-16(12)18/h3-8,11,14H,9-10,19H2,1-2H3. The van der Waals surface area contributed by atoms with Crippen LogP contribution in [0.5, 0.6) is 11.5 Å². The van der Waals surface area contributed by atoms with E-state index in [-0.39, 0.29) is 11.9 Å². The molecule has 1 atom stereocenters. The highest BCUT2D eigenvalue weighted by Crippen LogP contribution is 2.25. The molecule has 0 amide bonds. The Morgan fingerprint density at radius 3 is 2.38 bits per heavy atom. The van der Waals surface area contributed by atoms with E-state index in [1.807, 2.05) is 24.3 Å². The first-order valence-electron chi connectivity index (χ1n) is 6.84. The van der Waals surface area contributed by atoms with Gasteiger partial charge in [-0.1, -0.05) is 18.2 Å². The summed E-state index contributed by atoms with van der Waals surface area (Å²) in [5.41, 5.74) is 7.75. The monoisotopic (exact) mass is 289 g/mol. The summed E-state index contributed by atoms with van der Waals surface area (Å²) < 4.78 is 24.2. The number of hydrogen-bond acceptors (Lipinski definition) is 3. The minimum absolute atomic E-state index is 0.192. The van der Waals surface area contributed by atoms with Gasteiger partial charge in [0.25, 0.3) is 0 Å². The largest absolute Gasteiger partial charge is 0.497 e. The molecule has 0 aliphatic carbocycles. The van der Waals surface area contributed by atoms with Crippen LogP contribution < -0.4 is 15.2 Å². The molecule has 0 saturated heterocycles. The minimum atomic E-state index is -0.217. The third-order valence-electron chi connectivity index (χ3n) is 3.41. The molecule has 3 nitrogen and oxygen atoms in total. The fraction of sp³-hybridized carbons (Fsp3) is 0.294. The molecule has 0 saturated carbocycles. The first kappa shape index (κ1) is 15.3. The summed E-state index contributed by atoms with van der Waals surface area (Å²) in [5, 5.41) is 0. The van der Waals surface area contributed by atoms with E-state index in [1.54, 1.807) is 26.4 Å². The maximum atomic E-state index is 13.7. The van der Waals surface area contributed by atoms with Crippen molar-refractivity contribution in [3.8, 4) is 11.5 Å². The van der Waals surface area contributed by atoms with E-state index in [0.29, 0.717) is 18.4 Å². The molecule has 2 aromatic rings. The number of hydrogen-bond donors (Lipinski definition) is 1. The minimum Gasteiger partial charge on any atom is -0.497 e. The molecule has 0 aliphatic heterocycles. The van der Waals surface area contributed by atoms with Gasteiger partial charge >= 0.3 is 0 Å². The highest BCUT2D eigenvalue weighted by atomic mass is 19.1. The van der Waals surface area contributed by atoms with Crippen molar-refractivity contribution < 1.29 is 13.9 Å². The Hall–Kier alpha value is -2.07. The number of methoxy groups -OCH3 is 2. The second kappa shape index (κ2) is 7.09. The maximum Gasteiger partial charge on any atom is 0.126 e. The molecule has 0 fully saturated rings. The molecule has 0 bridgehead atoms. The van der Waals surface area contributed by atoms with Crippen molar-refractivity contribution in [3.05, 3.63) is 59.4 Å². The Morgan fingerprint density at radius 1 is 1.00 bits per heavy atom. The zero-order chi connectivity index (χ0) is 15.2. The van der Waals surface area contributed by atoms with Gasteiger partial charge in [-0.15, -0.1) is 0 Å². The quantitative estimate of drug-likeness (QED) is 0.889. The van der Waals surface area contributed by atoms with Crippen LogP contribution >= 0.6 is 0 Å². The van der Waals surface area contributed by atoms with Crippen molar-refractivity contribution in [2.24, 2.45) is 5.73 Å². The Morgan fingerprint density at radius 2 is 1.71 bits per heavy atom. The van der Waals surface area contributed by atoms with E-state index in [1.165, 1.54) is 6.07 Å². The van der Waals surface area contributed by atoms with Crippen LogP contribution in [0.3, 0.4) is 0 Å². The summed E-state index contributed by atoms with van der Waals surface area (Å²) >= 11 is 0. The topological polar surface area (TPSA) is 44.5 Å². The third-order valence-corrected chi connectivity index (χ3v) is 3.41. The van der Waals surface area contributed by atoms with Gasteiger partial charge in [-0.25, -0.2) is 4.39 Å². The zero-order valence-corrected chi connectivity index (χ0v) is 12.3. The van der Waals surface area contributed by atoms with Gasteiger partial charge in [-0.2, -0.15) is 0 Å². The van der Waals surface area contributed by atoms with Crippen LogP contribution in [-0.4, -0.2) is 20.3 Å². The fourth-order valence-electron chi connectivity index (χ4n) is 2.34. The molecule has 2 aromatic carbocycles. The van der Waals surface area contributed by atoms with Crippen LogP contribution in [0.4, 0.5) is 4.39 Å². The zero-order valence-electron chi connectivity index (χ0n) is 12.3. The number of benzene rings is 2. The van der Waals surface area contributed by atoms with Crippen molar-refractivity contribution >= 4 is 0 Å². The second-order valence-electron chi connectivity index (χ2n) is 4.94. The molecule has 0 aromatic heterocycles. The number of halogens is 1. The predicted molar refractivity (Wildman–Crippen MR) is 81.3 cm³/mol. The molecule has 2 rings (SSSR count). The average molecular weight is 289 g/mol. The molecule has 0 spiro atoms. The van der Waals surface area contributed by atoms with Crippen LogP contribution in [0.15, 0.2) is 42.5 Å². The number of rotatable bonds is 6. The van der Waals surface area contributed by atoms with Gasteiger partial charge in [0.05, 0.1) is 14.2 Å². The van der Waals surface area contributed by atoms with E-state index >= 15 is 0 Å². The summed E-state index contributed by atoms with van der Waals surface area (Å²) in [6, 6.07) is 12.1. The van der Waals surface area contributed by atoms with Gasteiger partial charge in [0, 0.05) is 6.04 Å². The van der Waals surface area contributed by atoms with Crippen LogP contribution in [0.2, 0.25) is 0 Å². The SMILES string of the molecule is COc1ccc(OC)c(CC(N)Cc2ccccc2F)c1. The smallest absolute Gasteiger partial charge is 0.126 e. The van der Waals surface area contributed by atoms with Crippen LogP contribution in [0.25, 0.3) is 0 Å². The fourth-order valence-corrected chi connectivity index (χ4v) is 2.34. The van der Waals surface area contributed by atoms with Gasteiger partial charge in [-0.05, 0) is 48.2 Å². The highest BCUT2D eigenvalue weighted by molar-refractivity contribution is 5.41. The van der Waals surface area contributed by atoms with E-state index in [0.717, 1.165) is 17.1 Å². The average Bonchev–Trinajstić information content (AvgIpc) is 2.49. The van der Waals surface area contributed by atoms with Crippen molar-refractivity contribution in [3.63, 3.8) is 0 Å². The molecule has 0 radical (unpaired) electrons. The van der Waals surface area contributed by atoms with Crippen molar-refractivity contribution in [1.29, 1.82) is 0 Å². The lowest BCUT2D eigenvalue weighted by Gasteiger charge is -2.15. The molecule has 112 valence electrons. The number of nitrogens with two attached hydrogens (primary N) is 1. The van der Waals surface area contributed by atoms with E-state index in [2.05, 4.69) is 0 Å². The normalized spacial score (nSPS) is 12.0. The first-order valence-corrected chi connectivity index (χ1v) is 6.84. The lowest BCUT2D eigenvalue weighted by Crippen LogP contribution is -2.26. The lowest BCUT2D eigenvalue weighted by molar-refractivity contribution is 0.397. The third kappa shape index (κ3) is 3.95. The lowest BCUT2D eigenvalue weighted by atomic mass is 9.98. The Kier molecular flexibility index (Phi) is 5.17. The van der Waals surface area contributed by atoms with Crippen molar-refractivity contribution in [2.45, 2.75) is 18.9 Å². The van der Waals surface area contributed by atoms with Gasteiger partial charge in [0.1, 0.15) is 17.3 Å². The highest BCUT2D eigenvalue weighted by Gasteiger charge is 2.12. The first-order chi connectivity index (χ1) is 10.1. The molecular weight excluding hydrogens is 269 g/mol. The molecular formula is C17H20FNO2. The van der Waals surface area contributed by atoms with E-state index in [4.69, 9.17) is 15.2 Å². The van der Waals surface area contributed by atoms with Gasteiger partial charge in [-0.3, -0.25) is 0 Å². The van der Waals surface area contributed by atoms with Crippen molar-refractivity contribution in [2.75, 3.05) is 14.2 Å². The molecule has 2 N–H and O–H groups in total. The second-order valence-corrected chi connectivity index (χ2v) is 4.94. The van der Waals surface area contributed by atoms with Gasteiger partial charge < -0.3 is 15.2 Å². The van der Waals surface area contributed by atoms with Crippen molar-refractivity contribution in [1.82, 2.24) is 0 Å². The predicted octanol–water partition coefficient (Wildman–Crippen LogP) is 2.96. The summed E-state index contributed by atoms with van der Waals surface area (Å²) in [6.45, 7) is 0. The molecule has 0 aliphatic rings. The summed E-state index contributed by atoms with van der Waals surface area (Å²) in [6.07, 6.45) is 1.07. The van der Waals surface area contributed by atoms with Crippen LogP contribution in [0, 0.1) is 5.82 Å². The summed E-state index contributed by atoms with van der Waals surface area (Å²) in [7, 11) is 3.23. The van der Waals surface area contributed by atoms with Crippen LogP contribution in [0.1, 0.15) is 11.1 Å². The maximum absolute atomic E-state index is 13.7. The Balaban J connectivity index is 2.12. The van der Waals surface area contributed by atoms with Gasteiger partial charge in [0.2, 0.25) is 0 Å². The summed E-state index contributed by atoms with van der Waals surface area (Å²) in [5.74, 6) is 1.30. The molecule has 4 heteroatoms. The molecule has 1 unspecified atom stereocenters. The Labute approximate surface area is 124 Å².